The number of Topliss-reactive ketones (excluding diaryl/α,β-unsaturated/α-hetero) is 1. The van der Waals surface area contributed by atoms with Gasteiger partial charge in [-0.25, -0.2) is 0 Å². The lowest BCUT2D eigenvalue weighted by molar-refractivity contribution is -0.285. The van der Waals surface area contributed by atoms with Gasteiger partial charge in [0.15, 0.2) is 11.6 Å². The Morgan fingerprint density at radius 2 is 1.50 bits per heavy atom. The third-order valence-corrected chi connectivity index (χ3v) is 10.3. The number of rotatable bonds is 3. The number of hydrogen-bond donors (Lipinski definition) is 0. The molecule has 0 aromatic heterocycles. The maximum atomic E-state index is 14.6. The van der Waals surface area contributed by atoms with Crippen molar-refractivity contribution in [3.8, 4) is 0 Å². The molecular formula is C29H40O9. The van der Waals surface area contributed by atoms with Gasteiger partial charge >= 0.3 is 17.9 Å². The smallest absolute Gasteiger partial charge is 0.302 e. The zero-order valence-corrected chi connectivity index (χ0v) is 23.7. The van der Waals surface area contributed by atoms with E-state index in [2.05, 4.69) is 20.4 Å². The first-order chi connectivity index (χ1) is 17.4. The summed E-state index contributed by atoms with van der Waals surface area (Å²) >= 11 is 0. The van der Waals surface area contributed by atoms with Crippen molar-refractivity contribution in [3.63, 3.8) is 0 Å². The van der Waals surface area contributed by atoms with Crippen molar-refractivity contribution in [2.24, 2.45) is 28.1 Å². The Bertz CT molecular complexity index is 1120. The fourth-order valence-electron chi connectivity index (χ4n) is 9.41. The molecule has 5 fully saturated rings. The molecule has 9 heteroatoms. The third-order valence-electron chi connectivity index (χ3n) is 10.3. The van der Waals surface area contributed by atoms with E-state index in [1.807, 2.05) is 6.92 Å². The van der Waals surface area contributed by atoms with Crippen LogP contribution in [0.2, 0.25) is 0 Å². The van der Waals surface area contributed by atoms with E-state index in [0.29, 0.717) is 12.8 Å². The summed E-state index contributed by atoms with van der Waals surface area (Å²) in [5, 5.41) is 0. The van der Waals surface area contributed by atoms with E-state index < -0.39 is 70.5 Å². The molecule has 0 aromatic rings. The Labute approximate surface area is 223 Å². The predicted octanol–water partition coefficient (Wildman–Crippen LogP) is 3.66. The SMILES string of the molecule is C=C1C(=O)[C@@]23[C@H]([C@@H](OC(C)=O)C[C@@]14OC(C)(C)O[C@H]24)[C@@]1(C)[C@H](C[C@H]3OC(C)=O)C(C)(C)CC[C@H]1OC(C)=O. The average Bonchev–Trinajstić information content (AvgIpc) is 3.10. The van der Waals surface area contributed by atoms with Gasteiger partial charge in [-0.2, -0.15) is 0 Å². The highest BCUT2D eigenvalue weighted by atomic mass is 16.8. The zero-order valence-electron chi connectivity index (χ0n) is 23.7. The Hall–Kier alpha value is -2.26. The van der Waals surface area contributed by atoms with Crippen LogP contribution in [0.25, 0.3) is 0 Å². The first kappa shape index (κ1) is 27.3. The van der Waals surface area contributed by atoms with Crippen molar-refractivity contribution in [2.45, 2.75) is 117 Å². The van der Waals surface area contributed by atoms with Crippen LogP contribution in [0.5, 0.6) is 0 Å². The minimum absolute atomic E-state index is 0.129. The second-order valence-corrected chi connectivity index (χ2v) is 13.3. The van der Waals surface area contributed by atoms with Crippen molar-refractivity contribution in [1.82, 2.24) is 0 Å². The molecule has 0 aromatic carbocycles. The second-order valence-electron chi connectivity index (χ2n) is 13.3. The lowest BCUT2D eigenvalue weighted by atomic mass is 9.38. The average molecular weight is 533 g/mol. The van der Waals surface area contributed by atoms with Crippen molar-refractivity contribution in [1.29, 1.82) is 0 Å². The van der Waals surface area contributed by atoms with Crippen LogP contribution in [0.4, 0.5) is 0 Å². The molecule has 4 aliphatic carbocycles. The largest absolute Gasteiger partial charge is 0.462 e. The number of carbonyl (C=O) groups excluding carboxylic acids is 4. The number of esters is 3. The molecule has 0 amide bonds. The summed E-state index contributed by atoms with van der Waals surface area (Å²) in [5.74, 6) is -3.59. The Morgan fingerprint density at radius 3 is 2.08 bits per heavy atom. The van der Waals surface area contributed by atoms with Crippen molar-refractivity contribution in [3.05, 3.63) is 12.2 Å². The van der Waals surface area contributed by atoms with E-state index in [0.717, 1.165) is 6.42 Å². The van der Waals surface area contributed by atoms with Gasteiger partial charge in [-0.15, -0.1) is 0 Å². The number of carbonyl (C=O) groups is 4. The molecule has 4 saturated carbocycles. The number of ketones is 1. The van der Waals surface area contributed by atoms with Gasteiger partial charge in [-0.1, -0.05) is 27.4 Å². The molecule has 38 heavy (non-hydrogen) atoms. The fourth-order valence-corrected chi connectivity index (χ4v) is 9.41. The summed E-state index contributed by atoms with van der Waals surface area (Å²) in [6.45, 7) is 18.2. The van der Waals surface area contributed by atoms with Gasteiger partial charge in [0.25, 0.3) is 0 Å². The zero-order chi connectivity index (χ0) is 28.2. The lowest BCUT2D eigenvalue weighted by Gasteiger charge is -2.68. The molecule has 1 saturated heterocycles. The highest BCUT2D eigenvalue weighted by Crippen LogP contribution is 2.75. The van der Waals surface area contributed by atoms with Crippen LogP contribution >= 0.6 is 0 Å². The van der Waals surface area contributed by atoms with Gasteiger partial charge in [0.05, 0.1) is 0 Å². The molecule has 1 aliphatic heterocycles. The fraction of sp³-hybridized carbons (Fsp3) is 0.793. The van der Waals surface area contributed by atoms with Crippen LogP contribution < -0.4 is 0 Å². The highest BCUT2D eigenvalue weighted by molar-refractivity contribution is 6.07. The summed E-state index contributed by atoms with van der Waals surface area (Å²) in [4.78, 5) is 52.0. The Morgan fingerprint density at radius 1 is 0.921 bits per heavy atom. The maximum absolute atomic E-state index is 14.6. The Kier molecular flexibility index (Phi) is 5.84. The summed E-state index contributed by atoms with van der Waals surface area (Å²) in [5.41, 5.74) is -3.49. The summed E-state index contributed by atoms with van der Waals surface area (Å²) < 4.78 is 31.1. The van der Waals surface area contributed by atoms with Gasteiger partial charge in [0, 0.05) is 44.1 Å². The normalized spacial score (nSPS) is 45.9. The van der Waals surface area contributed by atoms with Crippen molar-refractivity contribution >= 4 is 23.7 Å². The molecule has 0 radical (unpaired) electrons. The molecule has 9 nitrogen and oxygen atoms in total. The minimum atomic E-state index is -1.44. The van der Waals surface area contributed by atoms with Gasteiger partial charge in [-0.3, -0.25) is 19.2 Å². The maximum Gasteiger partial charge on any atom is 0.302 e. The van der Waals surface area contributed by atoms with Crippen LogP contribution in [-0.4, -0.2) is 59.5 Å². The molecule has 5 rings (SSSR count). The Balaban J connectivity index is 1.83. The van der Waals surface area contributed by atoms with Crippen LogP contribution in [0.1, 0.15) is 81.1 Å². The van der Waals surface area contributed by atoms with E-state index in [4.69, 9.17) is 23.7 Å². The minimum Gasteiger partial charge on any atom is -0.462 e. The summed E-state index contributed by atoms with van der Waals surface area (Å²) in [7, 11) is 0. The molecule has 0 unspecified atom stereocenters. The van der Waals surface area contributed by atoms with E-state index in [-0.39, 0.29) is 29.1 Å². The second kappa shape index (κ2) is 8.13. The monoisotopic (exact) mass is 532 g/mol. The van der Waals surface area contributed by atoms with Crippen molar-refractivity contribution in [2.75, 3.05) is 0 Å². The molecule has 210 valence electrons. The number of hydrogen-bond acceptors (Lipinski definition) is 9. The number of fused-ring (bicyclic) bond motifs is 2. The third kappa shape index (κ3) is 3.36. The number of ether oxygens (including phenoxy) is 5. The van der Waals surface area contributed by atoms with Gasteiger partial charge in [0.1, 0.15) is 35.4 Å². The van der Waals surface area contributed by atoms with E-state index in [9.17, 15) is 19.2 Å². The quantitative estimate of drug-likeness (QED) is 0.305. The van der Waals surface area contributed by atoms with Crippen LogP contribution in [0.3, 0.4) is 0 Å². The van der Waals surface area contributed by atoms with Crippen LogP contribution in [0.15, 0.2) is 12.2 Å². The molecular weight excluding hydrogens is 492 g/mol. The van der Waals surface area contributed by atoms with Gasteiger partial charge in [0.2, 0.25) is 0 Å². The lowest BCUT2D eigenvalue weighted by Crippen LogP contribution is -2.75. The first-order valence-electron chi connectivity index (χ1n) is 13.6. The predicted molar refractivity (Wildman–Crippen MR) is 133 cm³/mol. The van der Waals surface area contributed by atoms with Gasteiger partial charge in [-0.05, 0) is 44.4 Å². The topological polar surface area (TPSA) is 114 Å². The van der Waals surface area contributed by atoms with E-state index in [1.54, 1.807) is 13.8 Å². The molecule has 5 aliphatic rings. The molecule has 9 atom stereocenters. The standard InChI is InChI=1S/C29H40O9/c1-14-23(33)29-21(36-17(4)32)12-19-25(5,6)11-10-20(35-16(3)31)27(19,9)22(29)18(34-15(2)30)13-28(14)24(29)37-26(7,8)38-28/h18-22,24H,1,10-13H2,2-9H3/t18-,19+,20+,21+,22+,24-,27-,28+,29+/m0/s1. The molecule has 1 spiro atoms. The molecule has 0 N–H and O–H groups in total. The van der Waals surface area contributed by atoms with Crippen molar-refractivity contribution < 1.29 is 42.9 Å². The van der Waals surface area contributed by atoms with E-state index >= 15 is 0 Å². The molecule has 2 bridgehead atoms. The van der Waals surface area contributed by atoms with Gasteiger partial charge < -0.3 is 23.7 Å². The van der Waals surface area contributed by atoms with E-state index in [1.165, 1.54) is 20.8 Å². The van der Waals surface area contributed by atoms with Crippen LogP contribution in [0, 0.1) is 28.1 Å². The van der Waals surface area contributed by atoms with Crippen LogP contribution in [-0.2, 0) is 42.9 Å². The highest BCUT2D eigenvalue weighted by Gasteiger charge is 2.86. The summed E-state index contributed by atoms with van der Waals surface area (Å²) in [6, 6.07) is 0. The molecule has 1 heterocycles. The summed E-state index contributed by atoms with van der Waals surface area (Å²) in [6.07, 6.45) is -1.12. The first-order valence-corrected chi connectivity index (χ1v) is 13.6.